The van der Waals surface area contributed by atoms with Gasteiger partial charge in [-0.25, -0.2) is 0 Å². The van der Waals surface area contributed by atoms with Gasteiger partial charge in [-0.05, 0) is 62.3 Å². The van der Waals surface area contributed by atoms with Crippen LogP contribution in [0.25, 0.3) is 6.08 Å². The minimum absolute atomic E-state index is 0.649. The molecule has 0 heterocycles. The molecule has 1 aromatic rings. The van der Waals surface area contributed by atoms with Gasteiger partial charge in [0.15, 0.2) is 0 Å². The Kier molecular flexibility index (Phi) is 8.11. The lowest BCUT2D eigenvalue weighted by Gasteiger charge is -2.16. The van der Waals surface area contributed by atoms with Gasteiger partial charge in [0, 0.05) is 0 Å². The van der Waals surface area contributed by atoms with E-state index >= 15 is 0 Å². The summed E-state index contributed by atoms with van der Waals surface area (Å²) in [5, 5.41) is 0. The highest BCUT2D eigenvalue weighted by Gasteiger charge is 2.10. The largest absolute Gasteiger partial charge is 0.103 e. The van der Waals surface area contributed by atoms with Gasteiger partial charge in [0.2, 0.25) is 0 Å². The van der Waals surface area contributed by atoms with Crippen LogP contribution in [-0.2, 0) is 0 Å². The molecule has 0 aromatic heterocycles. The molecular formula is C18H28. The lowest BCUT2D eigenvalue weighted by Crippen LogP contribution is -1.98. The van der Waals surface area contributed by atoms with Crippen LogP contribution < -0.4 is 0 Å². The molecule has 0 aliphatic carbocycles. The van der Waals surface area contributed by atoms with Gasteiger partial charge in [0.25, 0.3) is 0 Å². The van der Waals surface area contributed by atoms with Gasteiger partial charge in [-0.3, -0.25) is 0 Å². The Hall–Kier alpha value is -1.30. The SMILES string of the molecule is C/C=C\c1c(C(C)CC)ccc(C)c1C.C=CC. The topological polar surface area (TPSA) is 0 Å². The molecule has 0 aliphatic heterocycles. The molecule has 1 unspecified atom stereocenters. The first-order valence-electron chi connectivity index (χ1n) is 6.83. The predicted octanol–water partition coefficient (Wildman–Crippen LogP) is 6.04. The van der Waals surface area contributed by atoms with Gasteiger partial charge in [0.05, 0.1) is 0 Å². The zero-order valence-corrected chi connectivity index (χ0v) is 12.9. The first-order valence-corrected chi connectivity index (χ1v) is 6.83. The quantitative estimate of drug-likeness (QED) is 0.568. The lowest BCUT2D eigenvalue weighted by molar-refractivity contribution is 0.731. The summed E-state index contributed by atoms with van der Waals surface area (Å²) in [5.41, 5.74) is 5.71. The van der Waals surface area contributed by atoms with Gasteiger partial charge in [0.1, 0.15) is 0 Å². The summed E-state index contributed by atoms with van der Waals surface area (Å²) in [6.45, 7) is 16.3. The van der Waals surface area contributed by atoms with E-state index < -0.39 is 0 Å². The van der Waals surface area contributed by atoms with Crippen molar-refractivity contribution in [2.45, 2.75) is 53.9 Å². The zero-order valence-electron chi connectivity index (χ0n) is 12.9. The molecule has 0 aliphatic rings. The molecular weight excluding hydrogens is 216 g/mol. The maximum Gasteiger partial charge on any atom is -0.0187 e. The first kappa shape index (κ1) is 16.7. The Balaban J connectivity index is 0.000000873. The highest BCUT2D eigenvalue weighted by Crippen LogP contribution is 2.28. The van der Waals surface area contributed by atoms with Crippen LogP contribution in [-0.4, -0.2) is 0 Å². The third-order valence-corrected chi connectivity index (χ3v) is 3.30. The van der Waals surface area contributed by atoms with Crippen LogP contribution >= 0.6 is 0 Å². The highest BCUT2D eigenvalue weighted by atomic mass is 14.1. The smallest absolute Gasteiger partial charge is 0.0187 e. The highest BCUT2D eigenvalue weighted by molar-refractivity contribution is 5.60. The van der Waals surface area contributed by atoms with E-state index in [-0.39, 0.29) is 0 Å². The molecule has 0 nitrogen and oxygen atoms in total. The van der Waals surface area contributed by atoms with Crippen LogP contribution in [0.1, 0.15) is 62.3 Å². The maximum atomic E-state index is 3.36. The van der Waals surface area contributed by atoms with Crippen molar-refractivity contribution in [2.24, 2.45) is 0 Å². The second-order valence-corrected chi connectivity index (χ2v) is 4.73. The summed E-state index contributed by atoms with van der Waals surface area (Å²) in [7, 11) is 0. The third-order valence-electron chi connectivity index (χ3n) is 3.30. The van der Waals surface area contributed by atoms with Crippen molar-refractivity contribution in [1.82, 2.24) is 0 Å². The third kappa shape index (κ3) is 4.52. The van der Waals surface area contributed by atoms with E-state index in [4.69, 9.17) is 0 Å². The van der Waals surface area contributed by atoms with Crippen molar-refractivity contribution >= 4 is 6.08 Å². The van der Waals surface area contributed by atoms with E-state index in [0.29, 0.717) is 5.92 Å². The maximum absolute atomic E-state index is 3.36. The Bertz CT molecular complexity index is 397. The molecule has 0 amide bonds. The number of allylic oxidation sites excluding steroid dienone is 2. The molecule has 0 saturated heterocycles. The molecule has 0 fully saturated rings. The Morgan fingerprint density at radius 1 is 1.22 bits per heavy atom. The Morgan fingerprint density at radius 2 is 1.78 bits per heavy atom. The van der Waals surface area contributed by atoms with Gasteiger partial charge >= 0.3 is 0 Å². The zero-order chi connectivity index (χ0) is 14.1. The number of aryl methyl sites for hydroxylation is 1. The summed E-state index contributed by atoms with van der Waals surface area (Å²) in [6, 6.07) is 4.52. The first-order chi connectivity index (χ1) is 8.53. The van der Waals surface area contributed by atoms with Crippen molar-refractivity contribution in [1.29, 1.82) is 0 Å². The second kappa shape index (κ2) is 8.74. The molecule has 0 heteroatoms. The average molecular weight is 244 g/mol. The average Bonchev–Trinajstić information content (AvgIpc) is 2.35. The predicted molar refractivity (Wildman–Crippen MR) is 85.2 cm³/mol. The van der Waals surface area contributed by atoms with E-state index in [2.05, 4.69) is 65.5 Å². The molecule has 1 aromatic carbocycles. The molecule has 1 rings (SSSR count). The van der Waals surface area contributed by atoms with E-state index in [1.165, 1.54) is 28.7 Å². The molecule has 0 spiro atoms. The van der Waals surface area contributed by atoms with Crippen molar-refractivity contribution in [3.63, 3.8) is 0 Å². The van der Waals surface area contributed by atoms with Crippen LogP contribution in [0.2, 0.25) is 0 Å². The fourth-order valence-corrected chi connectivity index (χ4v) is 1.90. The minimum Gasteiger partial charge on any atom is -0.103 e. The van der Waals surface area contributed by atoms with Gasteiger partial charge in [-0.2, -0.15) is 0 Å². The Labute approximate surface area is 113 Å². The van der Waals surface area contributed by atoms with E-state index in [9.17, 15) is 0 Å². The lowest BCUT2D eigenvalue weighted by atomic mass is 9.89. The van der Waals surface area contributed by atoms with Crippen LogP contribution in [0.15, 0.2) is 30.9 Å². The summed E-state index contributed by atoms with van der Waals surface area (Å²) >= 11 is 0. The standard InChI is InChI=1S/C15H22.C3H6/c1-6-8-15-13(5)12(4)9-10-14(15)11(3)7-2;1-3-2/h6,8-11H,7H2,1-5H3;3H,1H2,2H3/b8-6-;. The minimum atomic E-state index is 0.649. The molecule has 18 heavy (non-hydrogen) atoms. The fourth-order valence-electron chi connectivity index (χ4n) is 1.90. The van der Waals surface area contributed by atoms with Crippen LogP contribution in [0.5, 0.6) is 0 Å². The van der Waals surface area contributed by atoms with E-state index in [1.807, 2.05) is 6.92 Å². The summed E-state index contributed by atoms with van der Waals surface area (Å²) in [6.07, 6.45) is 7.32. The molecule has 0 bridgehead atoms. The monoisotopic (exact) mass is 244 g/mol. The van der Waals surface area contributed by atoms with Crippen molar-refractivity contribution in [2.75, 3.05) is 0 Å². The molecule has 1 atom stereocenters. The molecule has 100 valence electrons. The van der Waals surface area contributed by atoms with Crippen LogP contribution in [0, 0.1) is 13.8 Å². The fraction of sp³-hybridized carbons (Fsp3) is 0.444. The van der Waals surface area contributed by atoms with Gasteiger partial charge in [-0.15, -0.1) is 6.58 Å². The van der Waals surface area contributed by atoms with Gasteiger partial charge in [-0.1, -0.05) is 44.2 Å². The molecule has 0 saturated carbocycles. The molecule has 0 radical (unpaired) electrons. The van der Waals surface area contributed by atoms with Crippen molar-refractivity contribution in [3.8, 4) is 0 Å². The van der Waals surface area contributed by atoms with Crippen LogP contribution in [0.4, 0.5) is 0 Å². The second-order valence-electron chi connectivity index (χ2n) is 4.73. The number of benzene rings is 1. The Morgan fingerprint density at radius 3 is 2.22 bits per heavy atom. The summed E-state index contributed by atoms with van der Waals surface area (Å²) in [4.78, 5) is 0. The van der Waals surface area contributed by atoms with E-state index in [0.717, 1.165) is 0 Å². The van der Waals surface area contributed by atoms with Crippen molar-refractivity contribution < 1.29 is 0 Å². The summed E-state index contributed by atoms with van der Waals surface area (Å²) < 4.78 is 0. The number of hydrogen-bond acceptors (Lipinski definition) is 0. The van der Waals surface area contributed by atoms with Crippen LogP contribution in [0.3, 0.4) is 0 Å². The molecule has 0 N–H and O–H groups in total. The number of hydrogen-bond donors (Lipinski definition) is 0. The normalized spacial score (nSPS) is 11.9. The van der Waals surface area contributed by atoms with Gasteiger partial charge < -0.3 is 0 Å². The van der Waals surface area contributed by atoms with Crippen molar-refractivity contribution in [3.05, 3.63) is 53.1 Å². The number of rotatable bonds is 3. The summed E-state index contributed by atoms with van der Waals surface area (Å²) in [5.74, 6) is 0.649. The van der Waals surface area contributed by atoms with E-state index in [1.54, 1.807) is 6.08 Å².